The molecule has 14 aromatic rings. The summed E-state index contributed by atoms with van der Waals surface area (Å²) in [4.78, 5) is 53.2. The number of hydrogen-bond donors (Lipinski definition) is 5. The second-order valence-corrected chi connectivity index (χ2v) is 33.5. The van der Waals surface area contributed by atoms with Crippen molar-refractivity contribution in [2.45, 2.75) is 125 Å². The van der Waals surface area contributed by atoms with Crippen LogP contribution < -0.4 is 5.43 Å². The molecule has 0 saturated carbocycles. The van der Waals surface area contributed by atoms with E-state index in [1.165, 1.54) is 77.9 Å². The minimum Gasteiger partial charge on any atom is -0.354 e. The monoisotopic (exact) mass is 1550 g/mol. The molecule has 0 spiro atoms. The van der Waals surface area contributed by atoms with Crippen molar-refractivity contribution in [2.24, 2.45) is 5.10 Å². The zero-order valence-electron chi connectivity index (χ0n) is 71.0. The van der Waals surface area contributed by atoms with Gasteiger partial charge in [0.05, 0.1) is 51.8 Å². The third-order valence-electron chi connectivity index (χ3n) is 24.1. The zero-order valence-corrected chi connectivity index (χ0v) is 71.0. The van der Waals surface area contributed by atoms with Crippen molar-refractivity contribution >= 4 is 105 Å². The van der Waals surface area contributed by atoms with E-state index in [0.717, 1.165) is 207 Å². The first-order valence-corrected chi connectivity index (χ1v) is 41.1. The number of hydrazone groups is 1. The van der Waals surface area contributed by atoms with Gasteiger partial charge in [0.15, 0.2) is 0 Å². The highest BCUT2D eigenvalue weighted by molar-refractivity contribution is 6.06. The van der Waals surface area contributed by atoms with E-state index in [1.54, 1.807) is 6.21 Å². The Morgan fingerprint density at radius 2 is 0.429 bits per heavy atom. The van der Waals surface area contributed by atoms with Crippen LogP contribution in [0.4, 0.5) is 0 Å². The fourth-order valence-corrected chi connectivity index (χ4v) is 19.8. The molecule has 0 unspecified atom stereocenters. The van der Waals surface area contributed by atoms with Crippen molar-refractivity contribution in [3.8, 4) is 89.0 Å². The van der Waals surface area contributed by atoms with Crippen molar-refractivity contribution < 1.29 is 4.79 Å². The number of benzene rings is 8. The molecule has 584 valence electrons. The molecule has 16 bridgehead atoms. The van der Waals surface area contributed by atoms with Crippen molar-refractivity contribution in [1.82, 2.24) is 45.3 Å². The molecule has 6 aromatic heterocycles. The normalized spacial score (nSPS) is 12.3. The summed E-state index contributed by atoms with van der Waals surface area (Å²) >= 11 is 0. The minimum absolute atomic E-state index is 0.352. The molecule has 0 aliphatic carbocycles. The van der Waals surface area contributed by atoms with Gasteiger partial charge in [-0.05, 0) is 351 Å². The van der Waals surface area contributed by atoms with E-state index in [9.17, 15) is 4.79 Å². The van der Waals surface area contributed by atoms with Gasteiger partial charge in [-0.25, -0.2) is 25.4 Å². The maximum Gasteiger partial charge on any atom is 0.271 e. The van der Waals surface area contributed by atoms with Crippen molar-refractivity contribution in [2.75, 3.05) is 0 Å². The van der Waals surface area contributed by atoms with Gasteiger partial charge in [-0.15, -0.1) is 0 Å². The van der Waals surface area contributed by atoms with Gasteiger partial charge in [-0.2, -0.15) is 5.10 Å². The lowest BCUT2D eigenvalue weighted by Crippen LogP contribution is -2.17. The molecule has 119 heavy (non-hydrogen) atoms. The SMILES string of the molecule is Cc1cc(C)c(-c2c3nc(c(-c4c(C)cc(C)cc4C)c4ccc([nH]4)c(-c4c(C)cc(C)cc4C)c4nc(c(-c5ccc(/C=N/NC(=O)c6ccc(-c7c8nc(c(-c9c(C)cc(C)cc9C)c9ccc([nH]9)c(-c9c(C)cc(C)cc9C)c9nc(c(-c%10c(C)cc(C)cc%10C)c%10ccc7[nH]%10)C=C9)C=C8)cc6)cc5)c5ccc2[nH]5)C=C4)C=C3)c(C)c1. The average Bonchev–Trinajstić information content (AvgIpc) is 1.62. The topological polar surface area (TPSA) is 156 Å². The van der Waals surface area contributed by atoms with Crippen LogP contribution in [-0.4, -0.2) is 52.0 Å². The van der Waals surface area contributed by atoms with E-state index in [4.69, 9.17) is 19.9 Å². The number of carbonyl (C=O) groups is 1. The molecule has 5 N–H and O–H groups in total. The first-order valence-electron chi connectivity index (χ1n) is 41.1. The van der Waals surface area contributed by atoms with Crippen LogP contribution in [0.3, 0.4) is 0 Å². The molecule has 0 radical (unpaired) electrons. The molecule has 8 aromatic carbocycles. The third kappa shape index (κ3) is 13.8. The number of amides is 1. The fraction of sp³-hybridized carbons (Fsp3) is 0.167. The molecule has 0 saturated heterocycles. The summed E-state index contributed by atoms with van der Waals surface area (Å²) in [6.45, 7) is 39.4. The Balaban J connectivity index is 0.745. The first-order chi connectivity index (χ1) is 57.2. The van der Waals surface area contributed by atoms with Crippen LogP contribution in [0.2, 0.25) is 0 Å². The number of hydrogen-bond acceptors (Lipinski definition) is 6. The number of aromatic nitrogens is 8. The number of rotatable bonds is 11. The lowest BCUT2D eigenvalue weighted by atomic mass is 9.92. The lowest BCUT2D eigenvalue weighted by Gasteiger charge is -2.14. The number of fused-ring (bicyclic) bond motifs is 16. The minimum atomic E-state index is -0.352. The van der Waals surface area contributed by atoms with Gasteiger partial charge in [0.2, 0.25) is 0 Å². The number of nitrogens with zero attached hydrogens (tertiary/aromatic N) is 5. The summed E-state index contributed by atoms with van der Waals surface area (Å²) in [6, 6.07) is 60.8. The Morgan fingerprint density at radius 3 is 0.639 bits per heavy atom. The standard InChI is InChI=1S/C108H96N10O/c1-56-43-62(7)94(63(8)44-56)102-82-31-27-78(110-82)100(79-28-32-83(111-79)103(95-64(9)45-57(2)46-65(95)10)87-36-40-91(115-87)106(90-39-35-86(102)114-90)98-70(15)51-60(5)52-71(98)16)75-21-19-74(20-22-75)55-109-118-108(119)77-25-23-76(24-26-77)101-80-29-33-84(112-80)104(96-66(11)47-58(3)48-67(96)12)88-37-41-92(116-88)107(99-72(17)53-61(6)54-73(99)18)93-42-38-89(117-93)105(85-34-30-81(101)113-85)97-68(13)49-59(4)50-69(97)14/h19-55,110,112,115,117H,1-18H3,(H,118,119)/b100-78?,100-79?,101-80?,101-81?,102-82?,102-86?,103-83?,103-87?,104-84?,104-88?,105-85?,105-89?,106-90?,106-91?,107-92?,107-93?,109-55+. The molecule has 18 rings (SSSR count). The van der Waals surface area contributed by atoms with E-state index >= 15 is 0 Å². The van der Waals surface area contributed by atoms with Crippen LogP contribution in [0.15, 0.2) is 175 Å². The average molecular weight is 1550 g/mol. The summed E-state index contributed by atoms with van der Waals surface area (Å²) in [6.07, 6.45) is 19.0. The molecular weight excluding hydrogens is 1450 g/mol. The van der Waals surface area contributed by atoms with E-state index < -0.39 is 0 Å². The van der Waals surface area contributed by atoms with Crippen LogP contribution >= 0.6 is 0 Å². The predicted octanol–water partition coefficient (Wildman–Crippen LogP) is 27.3. The molecule has 11 nitrogen and oxygen atoms in total. The van der Waals surface area contributed by atoms with Gasteiger partial charge < -0.3 is 19.9 Å². The van der Waals surface area contributed by atoms with E-state index in [1.807, 2.05) is 36.4 Å². The summed E-state index contributed by atoms with van der Waals surface area (Å²) in [7, 11) is 0. The Labute approximate surface area is 696 Å². The van der Waals surface area contributed by atoms with Gasteiger partial charge in [0, 0.05) is 94.2 Å². The fourth-order valence-electron chi connectivity index (χ4n) is 19.8. The summed E-state index contributed by atoms with van der Waals surface area (Å²) < 4.78 is 0. The maximum atomic E-state index is 14.5. The summed E-state index contributed by atoms with van der Waals surface area (Å²) in [5.74, 6) is -0.352. The second-order valence-electron chi connectivity index (χ2n) is 33.5. The molecule has 11 heteroatoms. The molecule has 1 amide bonds. The Kier molecular flexibility index (Phi) is 19.3. The van der Waals surface area contributed by atoms with Gasteiger partial charge in [-0.1, -0.05) is 143 Å². The number of aromatic amines is 4. The first kappa shape index (κ1) is 76.4. The van der Waals surface area contributed by atoms with Crippen LogP contribution in [0.5, 0.6) is 0 Å². The second kappa shape index (κ2) is 30.0. The largest absolute Gasteiger partial charge is 0.354 e. The summed E-state index contributed by atoms with van der Waals surface area (Å²) in [5.41, 5.74) is 56.1. The quantitative estimate of drug-likeness (QED) is 0.0644. The van der Waals surface area contributed by atoms with Crippen LogP contribution in [0, 0.1) is 125 Å². The van der Waals surface area contributed by atoms with E-state index in [2.05, 4.69) is 337 Å². The smallest absolute Gasteiger partial charge is 0.271 e. The molecule has 10 heterocycles. The van der Waals surface area contributed by atoms with Gasteiger partial charge in [-0.3, -0.25) is 4.79 Å². The van der Waals surface area contributed by atoms with Crippen LogP contribution in [0.1, 0.15) is 162 Å². The lowest BCUT2D eigenvalue weighted by molar-refractivity contribution is 0.0955. The third-order valence-corrected chi connectivity index (χ3v) is 24.1. The van der Waals surface area contributed by atoms with Gasteiger partial charge in [0.25, 0.3) is 5.91 Å². The number of nitrogens with one attached hydrogen (secondary N) is 5. The van der Waals surface area contributed by atoms with E-state index in [-0.39, 0.29) is 5.91 Å². The highest BCUT2D eigenvalue weighted by Gasteiger charge is 2.27. The Hall–Kier alpha value is -13.9. The highest BCUT2D eigenvalue weighted by Crippen LogP contribution is 2.47. The van der Waals surface area contributed by atoms with Gasteiger partial charge >= 0.3 is 0 Å². The Bertz CT molecular complexity index is 7020. The predicted molar refractivity (Wildman–Crippen MR) is 502 cm³/mol. The van der Waals surface area contributed by atoms with Crippen molar-refractivity contribution in [3.05, 3.63) is 327 Å². The molecule has 4 aliphatic rings. The Morgan fingerprint density at radius 1 is 0.244 bits per heavy atom. The highest BCUT2D eigenvalue weighted by atomic mass is 16.2. The summed E-state index contributed by atoms with van der Waals surface area (Å²) in [5, 5.41) is 4.60. The number of H-pyrrole nitrogens is 4. The molecule has 0 atom stereocenters. The van der Waals surface area contributed by atoms with Crippen LogP contribution in [0.25, 0.3) is 182 Å². The van der Waals surface area contributed by atoms with E-state index in [0.29, 0.717) is 5.56 Å². The van der Waals surface area contributed by atoms with Crippen molar-refractivity contribution in [3.63, 3.8) is 0 Å². The number of aryl methyl sites for hydroxylation is 18. The zero-order chi connectivity index (χ0) is 82.8. The van der Waals surface area contributed by atoms with Crippen molar-refractivity contribution in [1.29, 1.82) is 0 Å². The molecule has 0 fully saturated rings. The van der Waals surface area contributed by atoms with Gasteiger partial charge in [0.1, 0.15) is 0 Å². The van der Waals surface area contributed by atoms with Crippen LogP contribution in [-0.2, 0) is 0 Å². The maximum absolute atomic E-state index is 14.5. The number of carbonyl (C=O) groups excluding carboxylic acids is 1. The molecule has 4 aliphatic heterocycles. The molecular formula is C108H96N10O.